The Balaban J connectivity index is 2.09. The summed E-state index contributed by atoms with van der Waals surface area (Å²) in [5.74, 6) is -0.103. The first-order valence-electron chi connectivity index (χ1n) is 5.88. The van der Waals surface area contributed by atoms with Crippen molar-refractivity contribution in [1.82, 2.24) is 0 Å². The van der Waals surface area contributed by atoms with Crippen molar-refractivity contribution < 1.29 is 18.3 Å². The Morgan fingerprint density at radius 3 is 2.94 bits per heavy atom. The third kappa shape index (κ3) is 3.14. The van der Waals surface area contributed by atoms with E-state index < -0.39 is 10.0 Å². The lowest BCUT2D eigenvalue weighted by Crippen LogP contribution is -2.25. The van der Waals surface area contributed by atoms with E-state index in [9.17, 15) is 13.5 Å². The number of phenols is 1. The lowest BCUT2D eigenvalue weighted by molar-refractivity contribution is 0.127. The fourth-order valence-corrected chi connectivity index (χ4v) is 3.31. The Morgan fingerprint density at radius 1 is 1.50 bits per heavy atom. The quantitative estimate of drug-likeness (QED) is 0.816. The molecule has 0 bridgehead atoms. The molecule has 1 aliphatic rings. The minimum absolute atomic E-state index is 0.0339. The fraction of sp³-hybridized carbons (Fsp3) is 0.500. The Hall–Kier alpha value is -1.27. The number of hydrogen-bond acceptors (Lipinski definition) is 4. The second-order valence-corrected chi connectivity index (χ2v) is 6.26. The van der Waals surface area contributed by atoms with Crippen molar-refractivity contribution in [3.05, 3.63) is 23.8 Å². The van der Waals surface area contributed by atoms with Crippen molar-refractivity contribution in [3.8, 4) is 5.75 Å². The van der Waals surface area contributed by atoms with Crippen LogP contribution in [0.1, 0.15) is 18.4 Å². The molecule has 5 nitrogen and oxygen atoms in total. The first-order chi connectivity index (χ1) is 8.48. The summed E-state index contributed by atoms with van der Waals surface area (Å²) in [6.07, 6.45) is 1.42. The van der Waals surface area contributed by atoms with E-state index in [0.717, 1.165) is 12.8 Å². The molecule has 1 aromatic rings. The predicted octanol–water partition coefficient (Wildman–Crippen LogP) is 1.62. The van der Waals surface area contributed by atoms with Gasteiger partial charge in [-0.1, -0.05) is 12.1 Å². The maximum Gasteiger partial charge on any atom is 0.235 e. The van der Waals surface area contributed by atoms with Gasteiger partial charge in [0.05, 0.1) is 17.5 Å². The van der Waals surface area contributed by atoms with E-state index in [1.807, 2.05) is 0 Å². The van der Waals surface area contributed by atoms with Gasteiger partial charge in [-0.25, -0.2) is 8.42 Å². The molecular formula is C12H17NO4S. The Morgan fingerprint density at radius 2 is 2.28 bits per heavy atom. The predicted molar refractivity (Wildman–Crippen MR) is 69.2 cm³/mol. The van der Waals surface area contributed by atoms with Gasteiger partial charge >= 0.3 is 0 Å². The second-order valence-electron chi connectivity index (χ2n) is 4.49. The maximum atomic E-state index is 11.9. The van der Waals surface area contributed by atoms with Crippen LogP contribution in [0.5, 0.6) is 5.75 Å². The SMILES string of the molecule is Cc1cccc(NS(=O)(=O)CC2CCCO2)c1O. The summed E-state index contributed by atoms with van der Waals surface area (Å²) in [6.45, 7) is 2.34. The van der Waals surface area contributed by atoms with E-state index in [1.165, 1.54) is 6.07 Å². The van der Waals surface area contributed by atoms with Crippen LogP contribution in [0.3, 0.4) is 0 Å². The number of hydrogen-bond donors (Lipinski definition) is 2. The molecule has 1 fully saturated rings. The van der Waals surface area contributed by atoms with Gasteiger partial charge in [-0.3, -0.25) is 4.72 Å². The van der Waals surface area contributed by atoms with Gasteiger partial charge in [0, 0.05) is 6.61 Å². The molecule has 1 heterocycles. The lowest BCUT2D eigenvalue weighted by atomic mass is 10.2. The van der Waals surface area contributed by atoms with Crippen LogP contribution in [-0.2, 0) is 14.8 Å². The molecule has 0 amide bonds. The average molecular weight is 271 g/mol. The maximum absolute atomic E-state index is 11.9. The summed E-state index contributed by atoms with van der Waals surface area (Å²) < 4.78 is 31.5. The van der Waals surface area contributed by atoms with Gasteiger partial charge in [0.25, 0.3) is 0 Å². The number of para-hydroxylation sites is 1. The van der Waals surface area contributed by atoms with Crippen LogP contribution in [0.4, 0.5) is 5.69 Å². The fourth-order valence-electron chi connectivity index (χ4n) is 1.97. The highest BCUT2D eigenvalue weighted by atomic mass is 32.2. The van der Waals surface area contributed by atoms with Crippen LogP contribution in [0.25, 0.3) is 0 Å². The molecular weight excluding hydrogens is 254 g/mol. The average Bonchev–Trinajstić information content (AvgIpc) is 2.76. The van der Waals surface area contributed by atoms with Gasteiger partial charge < -0.3 is 9.84 Å². The zero-order valence-electron chi connectivity index (χ0n) is 10.2. The third-order valence-corrected chi connectivity index (χ3v) is 4.27. The lowest BCUT2D eigenvalue weighted by Gasteiger charge is -2.13. The molecule has 0 spiro atoms. The van der Waals surface area contributed by atoms with Gasteiger partial charge in [0.1, 0.15) is 5.75 Å². The molecule has 0 aliphatic carbocycles. The van der Waals surface area contributed by atoms with Crippen molar-refractivity contribution in [3.63, 3.8) is 0 Å². The summed E-state index contributed by atoms with van der Waals surface area (Å²) in [5.41, 5.74) is 0.848. The van der Waals surface area contributed by atoms with Crippen LogP contribution in [0.2, 0.25) is 0 Å². The van der Waals surface area contributed by atoms with Crippen molar-refractivity contribution in [2.45, 2.75) is 25.9 Å². The first kappa shape index (κ1) is 13.2. The number of benzene rings is 1. The molecule has 1 aromatic carbocycles. The number of nitrogens with one attached hydrogen (secondary N) is 1. The Kier molecular flexibility index (Phi) is 3.77. The zero-order chi connectivity index (χ0) is 13.2. The molecule has 0 radical (unpaired) electrons. The number of aromatic hydroxyl groups is 1. The van der Waals surface area contributed by atoms with Gasteiger partial charge in [-0.2, -0.15) is 0 Å². The largest absolute Gasteiger partial charge is 0.505 e. The normalized spacial score (nSPS) is 19.9. The van der Waals surface area contributed by atoms with Crippen LogP contribution >= 0.6 is 0 Å². The van der Waals surface area contributed by atoms with E-state index in [1.54, 1.807) is 19.1 Å². The molecule has 0 saturated carbocycles. The summed E-state index contributed by atoms with van der Waals surface area (Å²) in [5, 5.41) is 9.76. The molecule has 18 heavy (non-hydrogen) atoms. The highest BCUT2D eigenvalue weighted by molar-refractivity contribution is 7.92. The van der Waals surface area contributed by atoms with Crippen molar-refractivity contribution in [1.29, 1.82) is 0 Å². The van der Waals surface area contributed by atoms with E-state index in [2.05, 4.69) is 4.72 Å². The molecule has 1 unspecified atom stereocenters. The summed E-state index contributed by atoms with van der Waals surface area (Å²) >= 11 is 0. The standard InChI is InChI=1S/C12H17NO4S/c1-9-4-2-6-11(12(9)14)13-18(15,16)8-10-5-3-7-17-10/h2,4,6,10,13-14H,3,5,7-8H2,1H3. The number of sulfonamides is 1. The number of anilines is 1. The van der Waals surface area contributed by atoms with E-state index in [-0.39, 0.29) is 23.3 Å². The van der Waals surface area contributed by atoms with Gasteiger partial charge in [-0.15, -0.1) is 0 Å². The van der Waals surface area contributed by atoms with Crippen molar-refractivity contribution in [2.75, 3.05) is 17.1 Å². The number of aryl methyl sites for hydroxylation is 1. The van der Waals surface area contributed by atoms with Gasteiger partial charge in [0.15, 0.2) is 0 Å². The molecule has 2 rings (SSSR count). The molecule has 1 aliphatic heterocycles. The third-order valence-electron chi connectivity index (χ3n) is 2.93. The van der Waals surface area contributed by atoms with Crippen LogP contribution in [-0.4, -0.2) is 32.0 Å². The van der Waals surface area contributed by atoms with E-state index in [0.29, 0.717) is 12.2 Å². The molecule has 1 saturated heterocycles. The smallest absolute Gasteiger partial charge is 0.235 e. The Labute approximate surface area is 107 Å². The van der Waals surface area contributed by atoms with E-state index >= 15 is 0 Å². The van der Waals surface area contributed by atoms with Crippen molar-refractivity contribution >= 4 is 15.7 Å². The second kappa shape index (κ2) is 5.16. The minimum Gasteiger partial charge on any atom is -0.505 e. The summed E-state index contributed by atoms with van der Waals surface area (Å²) in [6, 6.07) is 4.95. The minimum atomic E-state index is -3.49. The molecule has 1 atom stereocenters. The topological polar surface area (TPSA) is 75.6 Å². The monoisotopic (exact) mass is 271 g/mol. The number of rotatable bonds is 4. The Bertz CT molecular complexity index is 521. The number of phenolic OH excluding ortho intramolecular Hbond substituents is 1. The van der Waals surface area contributed by atoms with Crippen LogP contribution in [0.15, 0.2) is 18.2 Å². The highest BCUT2D eigenvalue weighted by Gasteiger charge is 2.24. The van der Waals surface area contributed by atoms with Crippen molar-refractivity contribution in [2.24, 2.45) is 0 Å². The zero-order valence-corrected chi connectivity index (χ0v) is 11.0. The molecule has 0 aromatic heterocycles. The molecule has 6 heteroatoms. The van der Waals surface area contributed by atoms with Gasteiger partial charge in [-0.05, 0) is 31.4 Å². The van der Waals surface area contributed by atoms with Crippen LogP contribution < -0.4 is 4.72 Å². The van der Waals surface area contributed by atoms with E-state index in [4.69, 9.17) is 4.74 Å². The first-order valence-corrected chi connectivity index (χ1v) is 7.54. The van der Waals surface area contributed by atoms with Gasteiger partial charge in [0.2, 0.25) is 10.0 Å². The summed E-state index contributed by atoms with van der Waals surface area (Å²) in [7, 11) is -3.49. The molecule has 100 valence electrons. The summed E-state index contributed by atoms with van der Waals surface area (Å²) in [4.78, 5) is 0. The molecule has 2 N–H and O–H groups in total. The van der Waals surface area contributed by atoms with Crippen LogP contribution in [0, 0.1) is 6.92 Å². The highest BCUT2D eigenvalue weighted by Crippen LogP contribution is 2.27. The number of ether oxygens (including phenoxy) is 1.